The van der Waals surface area contributed by atoms with Crippen LogP contribution in [-0.4, -0.2) is 20.9 Å². The highest BCUT2D eigenvalue weighted by Crippen LogP contribution is 2.23. The van der Waals surface area contributed by atoms with E-state index in [1.54, 1.807) is 6.92 Å². The van der Waals surface area contributed by atoms with E-state index in [2.05, 4.69) is 12.0 Å². The van der Waals surface area contributed by atoms with Crippen molar-refractivity contribution >= 4 is 17.6 Å². The third-order valence-corrected chi connectivity index (χ3v) is 3.16. The number of nitrogens with zero attached hydrogens (tertiary/aromatic N) is 2. The summed E-state index contributed by atoms with van der Waals surface area (Å²) < 4.78 is 1.44. The van der Waals surface area contributed by atoms with E-state index < -0.39 is 5.97 Å². The number of aryl methyl sites for hydroxylation is 2. The van der Waals surface area contributed by atoms with Gasteiger partial charge in [-0.2, -0.15) is 5.10 Å². The van der Waals surface area contributed by atoms with Crippen LogP contribution in [0.3, 0.4) is 0 Å². The monoisotopic (exact) mass is 264 g/mol. The lowest BCUT2D eigenvalue weighted by molar-refractivity contribution is 0.0696. The van der Waals surface area contributed by atoms with Crippen molar-refractivity contribution in [3.05, 3.63) is 46.2 Å². The number of benzene rings is 1. The molecule has 94 valence electrons. The van der Waals surface area contributed by atoms with E-state index >= 15 is 0 Å². The second-order valence-corrected chi connectivity index (χ2v) is 4.35. The van der Waals surface area contributed by atoms with Crippen molar-refractivity contribution in [1.29, 1.82) is 0 Å². The first-order valence-electron chi connectivity index (χ1n) is 5.62. The average molecular weight is 265 g/mol. The van der Waals surface area contributed by atoms with Gasteiger partial charge in [-0.15, -0.1) is 0 Å². The third-order valence-electron chi connectivity index (χ3n) is 2.81. The van der Waals surface area contributed by atoms with Crippen LogP contribution in [0.15, 0.2) is 24.3 Å². The van der Waals surface area contributed by atoms with Crippen molar-refractivity contribution < 1.29 is 9.90 Å². The van der Waals surface area contributed by atoms with E-state index in [0.717, 1.165) is 12.1 Å². The number of aromatic carboxylic acids is 1. The molecule has 0 fully saturated rings. The standard InChI is InChI=1S/C13H13ClN2O2/c1-3-9-4-6-10(7-5-9)16-12(14)11(13(17)18)8(2)15-16/h4-7H,3H2,1-2H3,(H,17,18). The van der Waals surface area contributed by atoms with Gasteiger partial charge in [0.25, 0.3) is 0 Å². The molecule has 1 heterocycles. The quantitative estimate of drug-likeness (QED) is 0.927. The van der Waals surface area contributed by atoms with Gasteiger partial charge in [-0.3, -0.25) is 0 Å². The molecule has 0 amide bonds. The minimum absolute atomic E-state index is 0.0521. The Bertz CT molecular complexity index is 588. The van der Waals surface area contributed by atoms with E-state index in [1.165, 1.54) is 10.2 Å². The van der Waals surface area contributed by atoms with Crippen molar-refractivity contribution in [3.63, 3.8) is 0 Å². The summed E-state index contributed by atoms with van der Waals surface area (Å²) in [5.41, 5.74) is 2.42. The zero-order valence-corrected chi connectivity index (χ0v) is 10.9. The van der Waals surface area contributed by atoms with Crippen LogP contribution in [0.2, 0.25) is 5.15 Å². The molecule has 0 bridgehead atoms. The maximum atomic E-state index is 11.0. The van der Waals surface area contributed by atoms with Crippen LogP contribution >= 0.6 is 11.6 Å². The lowest BCUT2D eigenvalue weighted by Gasteiger charge is -2.04. The van der Waals surface area contributed by atoms with Gasteiger partial charge >= 0.3 is 5.97 Å². The molecule has 4 nitrogen and oxygen atoms in total. The maximum Gasteiger partial charge on any atom is 0.340 e. The van der Waals surface area contributed by atoms with Gasteiger partial charge in [-0.05, 0) is 31.0 Å². The molecule has 5 heteroatoms. The summed E-state index contributed by atoms with van der Waals surface area (Å²) in [5, 5.41) is 13.3. The molecule has 0 atom stereocenters. The minimum Gasteiger partial charge on any atom is -0.478 e. The number of halogens is 1. The maximum absolute atomic E-state index is 11.0. The summed E-state index contributed by atoms with van der Waals surface area (Å²) in [6, 6.07) is 7.71. The summed E-state index contributed by atoms with van der Waals surface area (Å²) in [5.74, 6) is -1.06. The van der Waals surface area contributed by atoms with Gasteiger partial charge < -0.3 is 5.11 Å². The molecular weight excluding hydrogens is 252 g/mol. The topological polar surface area (TPSA) is 55.1 Å². The Morgan fingerprint density at radius 3 is 2.44 bits per heavy atom. The summed E-state index contributed by atoms with van der Waals surface area (Å²) in [6.45, 7) is 3.70. The van der Waals surface area contributed by atoms with E-state index in [0.29, 0.717) is 5.69 Å². The fraction of sp³-hybridized carbons (Fsp3) is 0.231. The Morgan fingerprint density at radius 2 is 2.00 bits per heavy atom. The van der Waals surface area contributed by atoms with E-state index in [1.807, 2.05) is 24.3 Å². The molecule has 2 rings (SSSR count). The Balaban J connectivity index is 2.50. The van der Waals surface area contributed by atoms with Gasteiger partial charge in [-0.25, -0.2) is 9.48 Å². The number of hydrogen-bond acceptors (Lipinski definition) is 2. The molecule has 0 aliphatic carbocycles. The molecule has 0 saturated heterocycles. The van der Waals surface area contributed by atoms with Gasteiger partial charge in [0, 0.05) is 0 Å². The number of rotatable bonds is 3. The highest BCUT2D eigenvalue weighted by Gasteiger charge is 2.20. The predicted molar refractivity (Wildman–Crippen MR) is 69.6 cm³/mol. The van der Waals surface area contributed by atoms with Crippen LogP contribution in [0.4, 0.5) is 0 Å². The van der Waals surface area contributed by atoms with Crippen molar-refractivity contribution in [2.75, 3.05) is 0 Å². The van der Waals surface area contributed by atoms with Crippen LogP contribution in [-0.2, 0) is 6.42 Å². The molecule has 18 heavy (non-hydrogen) atoms. The van der Waals surface area contributed by atoms with Crippen LogP contribution < -0.4 is 0 Å². The first-order valence-corrected chi connectivity index (χ1v) is 6.00. The second-order valence-electron chi connectivity index (χ2n) is 3.99. The zero-order valence-electron chi connectivity index (χ0n) is 10.1. The van der Waals surface area contributed by atoms with Crippen LogP contribution in [0.5, 0.6) is 0 Å². The minimum atomic E-state index is -1.06. The first kappa shape index (κ1) is 12.6. The van der Waals surface area contributed by atoms with Crippen LogP contribution in [0, 0.1) is 6.92 Å². The number of aromatic nitrogens is 2. The SMILES string of the molecule is CCc1ccc(-n2nc(C)c(C(=O)O)c2Cl)cc1. The van der Waals surface area contributed by atoms with Crippen LogP contribution in [0.1, 0.15) is 28.5 Å². The molecule has 0 spiro atoms. The van der Waals surface area contributed by atoms with Gasteiger partial charge in [0.2, 0.25) is 0 Å². The number of carbonyl (C=O) groups is 1. The lowest BCUT2D eigenvalue weighted by Crippen LogP contribution is -1.99. The molecule has 0 aliphatic heterocycles. The molecule has 0 aliphatic rings. The number of carboxylic acid groups (broad SMARTS) is 1. The molecule has 0 radical (unpaired) electrons. The number of carboxylic acids is 1. The smallest absolute Gasteiger partial charge is 0.340 e. The Hall–Kier alpha value is -1.81. The molecule has 2 aromatic rings. The fourth-order valence-electron chi connectivity index (χ4n) is 1.79. The van der Waals surface area contributed by atoms with Crippen molar-refractivity contribution in [3.8, 4) is 5.69 Å². The molecule has 0 unspecified atom stereocenters. The van der Waals surface area contributed by atoms with Gasteiger partial charge in [0.1, 0.15) is 10.7 Å². The Labute approximate surface area is 110 Å². The highest BCUT2D eigenvalue weighted by atomic mass is 35.5. The Morgan fingerprint density at radius 1 is 1.39 bits per heavy atom. The van der Waals surface area contributed by atoms with Crippen molar-refractivity contribution in [1.82, 2.24) is 9.78 Å². The Kier molecular flexibility index (Phi) is 3.39. The largest absolute Gasteiger partial charge is 0.478 e. The molecular formula is C13H13ClN2O2. The number of hydrogen-bond donors (Lipinski definition) is 1. The summed E-state index contributed by atoms with van der Waals surface area (Å²) >= 11 is 6.05. The third kappa shape index (κ3) is 2.11. The zero-order chi connectivity index (χ0) is 13.3. The van der Waals surface area contributed by atoms with E-state index in [9.17, 15) is 4.79 Å². The van der Waals surface area contributed by atoms with Crippen molar-refractivity contribution in [2.24, 2.45) is 0 Å². The van der Waals surface area contributed by atoms with E-state index in [-0.39, 0.29) is 10.7 Å². The van der Waals surface area contributed by atoms with Gasteiger partial charge in [0.15, 0.2) is 0 Å². The second kappa shape index (κ2) is 4.82. The first-order chi connectivity index (χ1) is 8.54. The summed E-state index contributed by atoms with van der Waals surface area (Å²) in [7, 11) is 0. The average Bonchev–Trinajstić information content (AvgIpc) is 2.65. The molecule has 0 saturated carbocycles. The molecule has 1 N–H and O–H groups in total. The lowest BCUT2D eigenvalue weighted by atomic mass is 10.1. The van der Waals surface area contributed by atoms with Crippen molar-refractivity contribution in [2.45, 2.75) is 20.3 Å². The normalized spacial score (nSPS) is 10.6. The van der Waals surface area contributed by atoms with E-state index in [4.69, 9.17) is 16.7 Å². The summed E-state index contributed by atoms with van der Waals surface area (Å²) in [4.78, 5) is 11.0. The molecule has 1 aromatic carbocycles. The predicted octanol–water partition coefficient (Wildman–Crippen LogP) is 3.09. The van der Waals surface area contributed by atoms with Crippen LogP contribution in [0.25, 0.3) is 5.69 Å². The molecule has 1 aromatic heterocycles. The van der Waals surface area contributed by atoms with Gasteiger partial charge in [-0.1, -0.05) is 30.7 Å². The highest BCUT2D eigenvalue weighted by molar-refractivity contribution is 6.32. The van der Waals surface area contributed by atoms with Gasteiger partial charge in [0.05, 0.1) is 11.4 Å². The summed E-state index contributed by atoms with van der Waals surface area (Å²) in [6.07, 6.45) is 0.951. The fourth-order valence-corrected chi connectivity index (χ4v) is 2.14.